The molecular formula is C8H11ClN2O2. The predicted octanol–water partition coefficient (Wildman–Crippen LogP) is 1.84. The Bertz CT molecular complexity index is 289. The molecule has 4 nitrogen and oxygen atoms in total. The third-order valence-corrected chi connectivity index (χ3v) is 2.44. The summed E-state index contributed by atoms with van der Waals surface area (Å²) in [5.74, 6) is 1.68. The summed E-state index contributed by atoms with van der Waals surface area (Å²) in [6.07, 6.45) is 1.97. The fourth-order valence-electron chi connectivity index (χ4n) is 1.44. The Hall–Kier alpha value is -0.610. The molecule has 0 bridgehead atoms. The van der Waals surface area contributed by atoms with Crippen LogP contribution in [0, 0.1) is 6.92 Å². The van der Waals surface area contributed by atoms with E-state index >= 15 is 0 Å². The van der Waals surface area contributed by atoms with Crippen molar-refractivity contribution in [2.45, 2.75) is 32.0 Å². The minimum atomic E-state index is -0.0510. The SMILES string of the molecule is Cc1nnc([C@H]2CC[C@@H](CCl)O2)o1. The molecular weight excluding hydrogens is 192 g/mol. The average molecular weight is 203 g/mol. The van der Waals surface area contributed by atoms with Gasteiger partial charge in [-0.3, -0.25) is 0 Å². The third kappa shape index (κ3) is 1.84. The van der Waals surface area contributed by atoms with E-state index in [0.29, 0.717) is 17.7 Å². The van der Waals surface area contributed by atoms with E-state index in [1.165, 1.54) is 0 Å². The number of halogens is 1. The molecule has 0 saturated carbocycles. The van der Waals surface area contributed by atoms with E-state index in [1.54, 1.807) is 6.92 Å². The number of nitrogens with zero attached hydrogens (tertiary/aromatic N) is 2. The average Bonchev–Trinajstić information content (AvgIpc) is 2.71. The lowest BCUT2D eigenvalue weighted by Crippen LogP contribution is -2.07. The second kappa shape index (κ2) is 3.64. The molecule has 13 heavy (non-hydrogen) atoms. The van der Waals surface area contributed by atoms with Crippen molar-refractivity contribution in [3.8, 4) is 0 Å². The van der Waals surface area contributed by atoms with Gasteiger partial charge >= 0.3 is 0 Å². The Morgan fingerprint density at radius 3 is 2.85 bits per heavy atom. The van der Waals surface area contributed by atoms with E-state index in [-0.39, 0.29) is 12.2 Å². The van der Waals surface area contributed by atoms with Gasteiger partial charge in [-0.2, -0.15) is 0 Å². The zero-order valence-electron chi connectivity index (χ0n) is 7.36. The van der Waals surface area contributed by atoms with Gasteiger partial charge in [0, 0.05) is 12.8 Å². The smallest absolute Gasteiger partial charge is 0.245 e. The lowest BCUT2D eigenvalue weighted by Gasteiger charge is -2.06. The molecule has 1 aliphatic heterocycles. The van der Waals surface area contributed by atoms with Gasteiger partial charge in [0.15, 0.2) is 0 Å². The summed E-state index contributed by atoms with van der Waals surface area (Å²) in [4.78, 5) is 0. The number of hydrogen-bond donors (Lipinski definition) is 0. The van der Waals surface area contributed by atoms with Crippen LogP contribution in [0.2, 0.25) is 0 Å². The van der Waals surface area contributed by atoms with Crippen LogP contribution in [0.4, 0.5) is 0 Å². The molecule has 0 unspecified atom stereocenters. The molecule has 72 valence electrons. The molecule has 2 heterocycles. The molecule has 5 heteroatoms. The maximum absolute atomic E-state index is 5.67. The molecule has 1 aromatic heterocycles. The summed E-state index contributed by atoms with van der Waals surface area (Å²) >= 11 is 5.67. The first-order chi connectivity index (χ1) is 6.29. The fourth-order valence-corrected chi connectivity index (χ4v) is 1.67. The highest BCUT2D eigenvalue weighted by molar-refractivity contribution is 6.18. The minimum absolute atomic E-state index is 0.0510. The van der Waals surface area contributed by atoms with Gasteiger partial charge in [-0.05, 0) is 12.8 Å². The number of aryl methyl sites for hydroxylation is 1. The maximum Gasteiger partial charge on any atom is 0.245 e. The molecule has 1 saturated heterocycles. The standard InChI is InChI=1S/C8H11ClN2O2/c1-5-10-11-8(12-5)7-3-2-6(4-9)13-7/h6-7H,2-4H2,1H3/t6-,7+/m0/s1. The first kappa shape index (κ1) is 8.97. The van der Waals surface area contributed by atoms with Gasteiger partial charge in [0.05, 0.1) is 6.10 Å². The zero-order valence-corrected chi connectivity index (χ0v) is 8.12. The Kier molecular flexibility index (Phi) is 2.51. The predicted molar refractivity (Wildman–Crippen MR) is 46.6 cm³/mol. The van der Waals surface area contributed by atoms with E-state index in [0.717, 1.165) is 12.8 Å². The van der Waals surface area contributed by atoms with E-state index in [1.807, 2.05) is 0 Å². The van der Waals surface area contributed by atoms with E-state index in [9.17, 15) is 0 Å². The highest BCUT2D eigenvalue weighted by Crippen LogP contribution is 2.32. The third-order valence-electron chi connectivity index (χ3n) is 2.10. The lowest BCUT2D eigenvalue weighted by atomic mass is 10.2. The largest absolute Gasteiger partial charge is 0.423 e. The highest BCUT2D eigenvalue weighted by Gasteiger charge is 2.29. The van der Waals surface area contributed by atoms with Crippen LogP contribution in [0.1, 0.15) is 30.7 Å². The number of alkyl halides is 1. The minimum Gasteiger partial charge on any atom is -0.423 e. The Morgan fingerprint density at radius 1 is 1.46 bits per heavy atom. The summed E-state index contributed by atoms with van der Waals surface area (Å²) in [5, 5.41) is 7.66. The van der Waals surface area contributed by atoms with Gasteiger partial charge in [0.25, 0.3) is 0 Å². The molecule has 0 aliphatic carbocycles. The van der Waals surface area contributed by atoms with Crippen molar-refractivity contribution in [1.82, 2.24) is 10.2 Å². The Morgan fingerprint density at radius 2 is 2.31 bits per heavy atom. The van der Waals surface area contributed by atoms with Gasteiger partial charge in [-0.15, -0.1) is 21.8 Å². The van der Waals surface area contributed by atoms with Gasteiger partial charge in [0.2, 0.25) is 11.8 Å². The summed E-state index contributed by atoms with van der Waals surface area (Å²) in [6, 6.07) is 0. The van der Waals surface area contributed by atoms with Crippen LogP contribution in [0.3, 0.4) is 0 Å². The molecule has 0 spiro atoms. The quantitative estimate of drug-likeness (QED) is 0.687. The summed E-state index contributed by atoms with van der Waals surface area (Å²) in [5.41, 5.74) is 0. The van der Waals surface area contributed by atoms with Crippen molar-refractivity contribution in [2.24, 2.45) is 0 Å². The van der Waals surface area contributed by atoms with Crippen LogP contribution in [-0.4, -0.2) is 22.2 Å². The van der Waals surface area contributed by atoms with Crippen molar-refractivity contribution in [2.75, 3.05) is 5.88 Å². The van der Waals surface area contributed by atoms with Crippen LogP contribution in [-0.2, 0) is 4.74 Å². The first-order valence-corrected chi connectivity index (χ1v) is 4.84. The molecule has 0 aromatic carbocycles. The van der Waals surface area contributed by atoms with Crippen molar-refractivity contribution in [3.63, 3.8) is 0 Å². The molecule has 0 amide bonds. The molecule has 1 fully saturated rings. The topological polar surface area (TPSA) is 48.2 Å². The Labute approximate surface area is 81.2 Å². The monoisotopic (exact) mass is 202 g/mol. The van der Waals surface area contributed by atoms with Crippen LogP contribution in [0.5, 0.6) is 0 Å². The molecule has 2 atom stereocenters. The normalized spacial score (nSPS) is 28.2. The van der Waals surface area contributed by atoms with Crippen molar-refractivity contribution in [1.29, 1.82) is 0 Å². The van der Waals surface area contributed by atoms with Gasteiger partial charge < -0.3 is 9.15 Å². The fraction of sp³-hybridized carbons (Fsp3) is 0.750. The van der Waals surface area contributed by atoms with Crippen LogP contribution >= 0.6 is 11.6 Å². The molecule has 1 aliphatic rings. The molecule has 0 N–H and O–H groups in total. The second-order valence-corrected chi connectivity index (χ2v) is 3.45. The lowest BCUT2D eigenvalue weighted by molar-refractivity contribution is 0.0403. The van der Waals surface area contributed by atoms with Crippen LogP contribution in [0.15, 0.2) is 4.42 Å². The number of hydrogen-bond acceptors (Lipinski definition) is 4. The van der Waals surface area contributed by atoms with Gasteiger partial charge in [0.1, 0.15) is 6.10 Å². The first-order valence-electron chi connectivity index (χ1n) is 4.31. The molecule has 1 aromatic rings. The summed E-state index contributed by atoms with van der Waals surface area (Å²) in [6.45, 7) is 1.77. The van der Waals surface area contributed by atoms with E-state index < -0.39 is 0 Å². The van der Waals surface area contributed by atoms with Crippen molar-refractivity contribution < 1.29 is 9.15 Å². The summed E-state index contributed by atoms with van der Waals surface area (Å²) in [7, 11) is 0. The van der Waals surface area contributed by atoms with Gasteiger partial charge in [-0.1, -0.05) is 0 Å². The van der Waals surface area contributed by atoms with Crippen molar-refractivity contribution >= 4 is 11.6 Å². The number of aromatic nitrogens is 2. The Balaban J connectivity index is 2.03. The van der Waals surface area contributed by atoms with Crippen LogP contribution in [0.25, 0.3) is 0 Å². The van der Waals surface area contributed by atoms with E-state index in [2.05, 4.69) is 10.2 Å². The van der Waals surface area contributed by atoms with Crippen molar-refractivity contribution in [3.05, 3.63) is 11.8 Å². The number of ether oxygens (including phenoxy) is 1. The highest BCUT2D eigenvalue weighted by atomic mass is 35.5. The maximum atomic E-state index is 5.67. The molecule has 0 radical (unpaired) electrons. The molecule has 2 rings (SSSR count). The zero-order chi connectivity index (χ0) is 9.26. The summed E-state index contributed by atoms with van der Waals surface area (Å²) < 4.78 is 10.9. The second-order valence-electron chi connectivity index (χ2n) is 3.14. The van der Waals surface area contributed by atoms with Gasteiger partial charge in [-0.25, -0.2) is 0 Å². The van der Waals surface area contributed by atoms with Crippen LogP contribution < -0.4 is 0 Å². The van der Waals surface area contributed by atoms with E-state index in [4.69, 9.17) is 20.8 Å². The number of rotatable bonds is 2.